The number of nitrogens with zero attached hydrogens (tertiary/aromatic N) is 2. The Balaban J connectivity index is 0.00000312. The van der Waals surface area contributed by atoms with E-state index in [1.165, 1.54) is 31.2 Å². The van der Waals surface area contributed by atoms with Crippen molar-refractivity contribution in [2.24, 2.45) is 10.4 Å². The summed E-state index contributed by atoms with van der Waals surface area (Å²) < 4.78 is 5.59. The van der Waals surface area contributed by atoms with E-state index in [0.717, 1.165) is 37.8 Å². The number of aliphatic imine (C=N–C) groups is 1. The highest BCUT2D eigenvalue weighted by molar-refractivity contribution is 14.0. The zero-order chi connectivity index (χ0) is 17.3. The molecule has 1 aliphatic carbocycles. The maximum atomic E-state index is 5.59. The Hall–Kier alpha value is -0.890. The predicted molar refractivity (Wildman–Crippen MR) is 115 cm³/mol. The minimum Gasteiger partial charge on any atom is -0.382 e. The van der Waals surface area contributed by atoms with Gasteiger partial charge in [-0.15, -0.1) is 24.0 Å². The lowest BCUT2D eigenvalue weighted by atomic mass is 9.83. The molecule has 0 radical (unpaired) electrons. The second kappa shape index (κ2) is 11.7. The normalized spacial score (nSPS) is 16.4. The van der Waals surface area contributed by atoms with Gasteiger partial charge in [-0.05, 0) is 50.2 Å². The van der Waals surface area contributed by atoms with Crippen molar-refractivity contribution < 1.29 is 4.74 Å². The van der Waals surface area contributed by atoms with Crippen LogP contribution in [0.3, 0.4) is 0 Å². The summed E-state index contributed by atoms with van der Waals surface area (Å²) in [6.07, 6.45) is 8.18. The van der Waals surface area contributed by atoms with Crippen molar-refractivity contribution in [3.8, 4) is 0 Å². The lowest BCUT2D eigenvalue weighted by molar-refractivity contribution is 0.105. The molecule has 5 nitrogen and oxygen atoms in total. The second-order valence-corrected chi connectivity index (χ2v) is 6.70. The van der Waals surface area contributed by atoms with Gasteiger partial charge < -0.3 is 15.4 Å². The fraction of sp³-hybridized carbons (Fsp3) is 0.684. The molecule has 6 heteroatoms. The minimum atomic E-state index is 0. The Morgan fingerprint density at radius 2 is 2.08 bits per heavy atom. The molecular weight excluding hydrogens is 427 g/mol. The number of aromatic nitrogens is 1. The molecular formula is C19H33IN4O. The lowest BCUT2D eigenvalue weighted by Gasteiger charge is -2.30. The van der Waals surface area contributed by atoms with Crippen LogP contribution in [0.4, 0.5) is 0 Å². The molecule has 1 heterocycles. The fourth-order valence-electron chi connectivity index (χ4n) is 3.44. The third-order valence-electron chi connectivity index (χ3n) is 5.04. The van der Waals surface area contributed by atoms with E-state index in [9.17, 15) is 0 Å². The number of guanidine groups is 1. The van der Waals surface area contributed by atoms with Crippen LogP contribution < -0.4 is 10.6 Å². The van der Waals surface area contributed by atoms with Crippen molar-refractivity contribution >= 4 is 29.9 Å². The van der Waals surface area contributed by atoms with Crippen molar-refractivity contribution in [3.63, 3.8) is 0 Å². The third kappa shape index (κ3) is 7.09. The Morgan fingerprint density at radius 1 is 1.32 bits per heavy atom. The zero-order valence-electron chi connectivity index (χ0n) is 15.8. The average molecular weight is 460 g/mol. The van der Waals surface area contributed by atoms with Crippen LogP contribution in [0.15, 0.2) is 23.3 Å². The number of halogens is 1. The molecule has 1 aromatic heterocycles. The van der Waals surface area contributed by atoms with E-state index in [-0.39, 0.29) is 24.0 Å². The first kappa shape index (κ1) is 22.2. The van der Waals surface area contributed by atoms with Gasteiger partial charge in [0, 0.05) is 33.0 Å². The Bertz CT molecular complexity index is 530. The molecule has 0 atom stereocenters. The zero-order valence-corrected chi connectivity index (χ0v) is 18.1. The van der Waals surface area contributed by atoms with Gasteiger partial charge in [0.05, 0.1) is 12.2 Å². The van der Waals surface area contributed by atoms with Crippen LogP contribution in [-0.4, -0.2) is 37.7 Å². The van der Waals surface area contributed by atoms with Crippen LogP contribution in [0.2, 0.25) is 0 Å². The summed E-state index contributed by atoms with van der Waals surface area (Å²) in [4.78, 5) is 8.78. The van der Waals surface area contributed by atoms with E-state index in [0.29, 0.717) is 12.0 Å². The SMILES string of the molecule is CCOCCC1(CNC(=NC)NCc2ncccc2C)CCCC1.I. The maximum absolute atomic E-state index is 5.59. The Morgan fingerprint density at radius 3 is 2.72 bits per heavy atom. The van der Waals surface area contributed by atoms with Crippen molar-refractivity contribution in [2.75, 3.05) is 26.8 Å². The van der Waals surface area contributed by atoms with Gasteiger partial charge in [0.15, 0.2) is 5.96 Å². The number of hydrogen-bond acceptors (Lipinski definition) is 3. The largest absolute Gasteiger partial charge is 0.382 e. The molecule has 0 amide bonds. The highest BCUT2D eigenvalue weighted by Crippen LogP contribution is 2.40. The first-order valence-electron chi connectivity index (χ1n) is 9.12. The topological polar surface area (TPSA) is 58.5 Å². The molecule has 1 aromatic rings. The van der Waals surface area contributed by atoms with E-state index in [1.54, 1.807) is 0 Å². The Labute approximate surface area is 169 Å². The summed E-state index contributed by atoms with van der Waals surface area (Å²) in [5.41, 5.74) is 2.62. The van der Waals surface area contributed by atoms with Crippen LogP contribution in [0, 0.1) is 12.3 Å². The van der Waals surface area contributed by atoms with Crippen LogP contribution in [-0.2, 0) is 11.3 Å². The molecule has 1 saturated carbocycles. The highest BCUT2D eigenvalue weighted by atomic mass is 127. The van der Waals surface area contributed by atoms with E-state index in [2.05, 4.69) is 40.5 Å². The molecule has 2 rings (SSSR count). The first-order valence-corrected chi connectivity index (χ1v) is 9.12. The first-order chi connectivity index (χ1) is 11.7. The van der Waals surface area contributed by atoms with Crippen molar-refractivity contribution in [2.45, 2.75) is 52.5 Å². The number of aryl methyl sites for hydroxylation is 1. The monoisotopic (exact) mass is 460 g/mol. The van der Waals surface area contributed by atoms with Crippen molar-refractivity contribution in [3.05, 3.63) is 29.6 Å². The molecule has 25 heavy (non-hydrogen) atoms. The van der Waals surface area contributed by atoms with Gasteiger partial charge in [-0.25, -0.2) is 0 Å². The summed E-state index contributed by atoms with van der Waals surface area (Å²) in [5, 5.41) is 6.90. The molecule has 0 unspecified atom stereocenters. The number of rotatable bonds is 8. The average Bonchev–Trinajstić information content (AvgIpc) is 3.06. The van der Waals surface area contributed by atoms with Gasteiger partial charge in [-0.1, -0.05) is 18.9 Å². The summed E-state index contributed by atoms with van der Waals surface area (Å²) in [7, 11) is 1.82. The molecule has 2 N–H and O–H groups in total. The number of nitrogens with one attached hydrogen (secondary N) is 2. The highest BCUT2D eigenvalue weighted by Gasteiger charge is 2.33. The van der Waals surface area contributed by atoms with Crippen LogP contribution in [0.1, 0.15) is 50.3 Å². The van der Waals surface area contributed by atoms with E-state index >= 15 is 0 Å². The molecule has 142 valence electrons. The second-order valence-electron chi connectivity index (χ2n) is 6.70. The minimum absolute atomic E-state index is 0. The number of hydrogen-bond donors (Lipinski definition) is 2. The maximum Gasteiger partial charge on any atom is 0.191 e. The van der Waals surface area contributed by atoms with Crippen LogP contribution in [0.5, 0.6) is 0 Å². The smallest absolute Gasteiger partial charge is 0.191 e. The molecule has 0 spiro atoms. The van der Waals surface area contributed by atoms with Crippen molar-refractivity contribution in [1.29, 1.82) is 0 Å². The van der Waals surface area contributed by atoms with E-state index in [4.69, 9.17) is 4.74 Å². The number of ether oxygens (including phenoxy) is 1. The Kier molecular flexibility index (Phi) is 10.3. The summed E-state index contributed by atoms with van der Waals surface area (Å²) in [5.74, 6) is 0.850. The quantitative estimate of drug-likeness (QED) is 0.269. The number of pyridine rings is 1. The van der Waals surface area contributed by atoms with Gasteiger partial charge in [-0.3, -0.25) is 9.98 Å². The van der Waals surface area contributed by atoms with Crippen LogP contribution >= 0.6 is 24.0 Å². The molecule has 1 aliphatic rings. The van der Waals surface area contributed by atoms with Gasteiger partial charge in [0.1, 0.15) is 0 Å². The van der Waals surface area contributed by atoms with Gasteiger partial charge >= 0.3 is 0 Å². The molecule has 1 fully saturated rings. The fourth-order valence-corrected chi connectivity index (χ4v) is 3.44. The predicted octanol–water partition coefficient (Wildman–Crippen LogP) is 3.66. The molecule has 0 saturated heterocycles. The lowest BCUT2D eigenvalue weighted by Crippen LogP contribution is -2.43. The standard InChI is InChI=1S/C19H32N4O.HI/c1-4-24-13-11-19(9-5-6-10-19)15-23-18(20-3)22-14-17-16(2)8-7-12-21-17;/h7-8,12H,4-6,9-11,13-15H2,1-3H3,(H2,20,22,23);1H. The third-order valence-corrected chi connectivity index (χ3v) is 5.04. The molecule has 0 aliphatic heterocycles. The van der Waals surface area contributed by atoms with Gasteiger partial charge in [0.25, 0.3) is 0 Å². The molecule has 0 bridgehead atoms. The molecule has 0 aromatic carbocycles. The summed E-state index contributed by atoms with van der Waals surface area (Å²) >= 11 is 0. The van der Waals surface area contributed by atoms with Gasteiger partial charge in [-0.2, -0.15) is 0 Å². The summed E-state index contributed by atoms with van der Waals surface area (Å²) in [6.45, 7) is 7.46. The van der Waals surface area contributed by atoms with Crippen molar-refractivity contribution in [1.82, 2.24) is 15.6 Å². The van der Waals surface area contributed by atoms with E-state index < -0.39 is 0 Å². The van der Waals surface area contributed by atoms with E-state index in [1.807, 2.05) is 19.3 Å². The van der Waals surface area contributed by atoms with Gasteiger partial charge in [0.2, 0.25) is 0 Å². The van der Waals surface area contributed by atoms with Crippen LogP contribution in [0.25, 0.3) is 0 Å². The summed E-state index contributed by atoms with van der Waals surface area (Å²) in [6, 6.07) is 4.05.